The molecule has 5 rings (SSSR count). The van der Waals surface area contributed by atoms with E-state index in [4.69, 9.17) is 9.26 Å². The SMILES string of the molecule is Cc1ccccc1OCC(=O)N1CCN(Cc2ccc(-c3noc(C4CCCC4)n3)cc2)CC1. The molecule has 2 aliphatic rings. The Kier molecular flexibility index (Phi) is 6.90. The van der Waals surface area contributed by atoms with Crippen molar-refractivity contribution < 1.29 is 14.1 Å². The number of carbonyl (C=O) groups is 1. The number of hydrogen-bond donors (Lipinski definition) is 0. The molecular formula is C27H32N4O3. The number of amides is 1. The lowest BCUT2D eigenvalue weighted by atomic mass is 10.1. The van der Waals surface area contributed by atoms with E-state index in [1.165, 1.54) is 18.4 Å². The van der Waals surface area contributed by atoms with Gasteiger partial charge in [0.15, 0.2) is 6.61 Å². The summed E-state index contributed by atoms with van der Waals surface area (Å²) in [7, 11) is 0. The predicted molar refractivity (Wildman–Crippen MR) is 129 cm³/mol. The summed E-state index contributed by atoms with van der Waals surface area (Å²) in [6.45, 7) is 6.09. The minimum Gasteiger partial charge on any atom is -0.484 e. The molecule has 1 amide bonds. The van der Waals surface area contributed by atoms with Crippen LogP contribution in [0.5, 0.6) is 5.75 Å². The number of benzene rings is 2. The average Bonchev–Trinajstić information content (AvgIpc) is 3.57. The van der Waals surface area contributed by atoms with Crippen molar-refractivity contribution in [3.05, 3.63) is 65.5 Å². The van der Waals surface area contributed by atoms with Gasteiger partial charge in [-0.15, -0.1) is 0 Å². The summed E-state index contributed by atoms with van der Waals surface area (Å²) in [5, 5.41) is 4.20. The van der Waals surface area contributed by atoms with Gasteiger partial charge >= 0.3 is 0 Å². The first-order chi connectivity index (χ1) is 16.7. The van der Waals surface area contributed by atoms with E-state index in [1.54, 1.807) is 0 Å². The summed E-state index contributed by atoms with van der Waals surface area (Å²) in [5.41, 5.74) is 3.27. The summed E-state index contributed by atoms with van der Waals surface area (Å²) in [6, 6.07) is 16.2. The molecule has 1 saturated carbocycles. The second-order valence-corrected chi connectivity index (χ2v) is 9.35. The number of hydrogen-bond acceptors (Lipinski definition) is 6. The van der Waals surface area contributed by atoms with Crippen molar-refractivity contribution in [1.29, 1.82) is 0 Å². The third kappa shape index (κ3) is 5.30. The van der Waals surface area contributed by atoms with Gasteiger partial charge in [0.05, 0.1) is 0 Å². The first kappa shape index (κ1) is 22.6. The molecular weight excluding hydrogens is 428 g/mol. The van der Waals surface area contributed by atoms with Gasteiger partial charge in [-0.05, 0) is 37.0 Å². The summed E-state index contributed by atoms with van der Waals surface area (Å²) in [4.78, 5) is 21.5. The maximum absolute atomic E-state index is 12.6. The fourth-order valence-electron chi connectivity index (χ4n) is 4.81. The zero-order chi connectivity index (χ0) is 23.3. The molecule has 2 fully saturated rings. The molecule has 1 aliphatic heterocycles. The van der Waals surface area contributed by atoms with Crippen LogP contribution >= 0.6 is 0 Å². The number of rotatable bonds is 7. The number of piperazine rings is 1. The Bertz CT molecular complexity index is 1100. The van der Waals surface area contributed by atoms with E-state index in [0.29, 0.717) is 11.7 Å². The monoisotopic (exact) mass is 460 g/mol. The highest BCUT2D eigenvalue weighted by Gasteiger charge is 2.24. The van der Waals surface area contributed by atoms with Crippen LogP contribution in [0.3, 0.4) is 0 Å². The first-order valence-electron chi connectivity index (χ1n) is 12.3. The van der Waals surface area contributed by atoms with Gasteiger partial charge in [0.25, 0.3) is 5.91 Å². The molecule has 1 aliphatic carbocycles. The standard InChI is InChI=1S/C27H32N4O3/c1-20-6-2-5-9-24(20)33-19-25(32)31-16-14-30(15-17-31)18-21-10-12-22(13-11-21)26-28-27(34-29-26)23-7-3-4-8-23/h2,5-6,9-13,23H,3-4,7-8,14-19H2,1H3. The average molecular weight is 461 g/mol. The second kappa shape index (κ2) is 10.4. The lowest BCUT2D eigenvalue weighted by molar-refractivity contribution is -0.135. The first-order valence-corrected chi connectivity index (χ1v) is 12.3. The summed E-state index contributed by atoms with van der Waals surface area (Å²) in [6.07, 6.45) is 4.81. The Labute approximate surface area is 200 Å². The van der Waals surface area contributed by atoms with Crippen molar-refractivity contribution in [3.8, 4) is 17.1 Å². The Morgan fingerprint density at radius 3 is 2.50 bits per heavy atom. The highest BCUT2D eigenvalue weighted by molar-refractivity contribution is 5.78. The van der Waals surface area contributed by atoms with Gasteiger partial charge in [-0.2, -0.15) is 4.98 Å². The van der Waals surface area contributed by atoms with Crippen molar-refractivity contribution in [2.45, 2.75) is 45.1 Å². The zero-order valence-electron chi connectivity index (χ0n) is 19.8. The number of ether oxygens (including phenoxy) is 1. The topological polar surface area (TPSA) is 71.7 Å². The van der Waals surface area contributed by atoms with Crippen LogP contribution in [0.1, 0.15) is 48.6 Å². The van der Waals surface area contributed by atoms with Crippen LogP contribution in [0.25, 0.3) is 11.4 Å². The molecule has 0 unspecified atom stereocenters. The quantitative estimate of drug-likeness (QED) is 0.520. The van der Waals surface area contributed by atoms with E-state index in [9.17, 15) is 4.79 Å². The van der Waals surface area contributed by atoms with E-state index in [2.05, 4.69) is 39.3 Å². The normalized spacial score (nSPS) is 17.3. The summed E-state index contributed by atoms with van der Waals surface area (Å²) >= 11 is 0. The lowest BCUT2D eigenvalue weighted by Gasteiger charge is -2.34. The fraction of sp³-hybridized carbons (Fsp3) is 0.444. The van der Waals surface area contributed by atoms with Gasteiger partial charge in [-0.1, -0.05) is 60.5 Å². The summed E-state index contributed by atoms with van der Waals surface area (Å²) < 4.78 is 11.3. The smallest absolute Gasteiger partial charge is 0.260 e. The van der Waals surface area contributed by atoms with Crippen molar-refractivity contribution in [2.75, 3.05) is 32.8 Å². The maximum Gasteiger partial charge on any atom is 0.260 e. The molecule has 0 radical (unpaired) electrons. The van der Waals surface area contributed by atoms with E-state index < -0.39 is 0 Å². The second-order valence-electron chi connectivity index (χ2n) is 9.35. The van der Waals surface area contributed by atoms with Gasteiger partial charge in [-0.25, -0.2) is 0 Å². The number of nitrogens with zero attached hydrogens (tertiary/aromatic N) is 4. The Morgan fingerprint density at radius 1 is 1.03 bits per heavy atom. The van der Waals surface area contributed by atoms with Crippen LogP contribution in [0.2, 0.25) is 0 Å². The van der Waals surface area contributed by atoms with Gasteiger partial charge in [0.1, 0.15) is 5.75 Å². The van der Waals surface area contributed by atoms with Crippen molar-refractivity contribution in [3.63, 3.8) is 0 Å². The molecule has 0 atom stereocenters. The molecule has 3 aromatic rings. The Balaban J connectivity index is 1.09. The van der Waals surface area contributed by atoms with Crippen LogP contribution in [0, 0.1) is 6.92 Å². The number of carbonyl (C=O) groups excluding carboxylic acids is 1. The molecule has 1 saturated heterocycles. The molecule has 0 bridgehead atoms. The number of aryl methyl sites for hydroxylation is 1. The van der Waals surface area contributed by atoms with Gasteiger partial charge in [0.2, 0.25) is 11.7 Å². The van der Waals surface area contributed by atoms with Crippen LogP contribution in [-0.2, 0) is 11.3 Å². The number of aromatic nitrogens is 2. The lowest BCUT2D eigenvalue weighted by Crippen LogP contribution is -2.49. The molecule has 34 heavy (non-hydrogen) atoms. The van der Waals surface area contributed by atoms with E-state index in [1.807, 2.05) is 36.1 Å². The van der Waals surface area contributed by atoms with Gasteiger partial charge < -0.3 is 14.2 Å². The van der Waals surface area contributed by atoms with Crippen molar-refractivity contribution in [2.24, 2.45) is 0 Å². The molecule has 7 nitrogen and oxygen atoms in total. The van der Waals surface area contributed by atoms with Crippen LogP contribution < -0.4 is 4.74 Å². The maximum atomic E-state index is 12.6. The van der Waals surface area contributed by atoms with Crippen LogP contribution in [0.4, 0.5) is 0 Å². The highest BCUT2D eigenvalue weighted by atomic mass is 16.5. The molecule has 178 valence electrons. The largest absolute Gasteiger partial charge is 0.484 e. The van der Waals surface area contributed by atoms with Gasteiger partial charge in [0, 0.05) is 44.2 Å². The fourth-order valence-corrected chi connectivity index (χ4v) is 4.81. The molecule has 0 spiro atoms. The zero-order valence-corrected chi connectivity index (χ0v) is 19.8. The number of para-hydroxylation sites is 1. The molecule has 2 heterocycles. The van der Waals surface area contributed by atoms with E-state index >= 15 is 0 Å². The van der Waals surface area contributed by atoms with Gasteiger partial charge in [-0.3, -0.25) is 9.69 Å². The third-order valence-corrected chi connectivity index (χ3v) is 6.93. The van der Waals surface area contributed by atoms with Crippen LogP contribution in [0.15, 0.2) is 53.1 Å². The molecule has 1 aromatic heterocycles. The van der Waals surface area contributed by atoms with Crippen molar-refractivity contribution in [1.82, 2.24) is 19.9 Å². The molecule has 2 aromatic carbocycles. The summed E-state index contributed by atoms with van der Waals surface area (Å²) in [5.74, 6) is 2.71. The third-order valence-electron chi connectivity index (χ3n) is 6.93. The Morgan fingerprint density at radius 2 is 1.76 bits per heavy atom. The minimum atomic E-state index is 0.0457. The predicted octanol–water partition coefficient (Wildman–Crippen LogP) is 4.43. The van der Waals surface area contributed by atoms with Crippen LogP contribution in [-0.4, -0.2) is 58.6 Å². The van der Waals surface area contributed by atoms with Crippen molar-refractivity contribution >= 4 is 5.91 Å². The highest BCUT2D eigenvalue weighted by Crippen LogP contribution is 2.33. The minimum absolute atomic E-state index is 0.0457. The molecule has 0 N–H and O–H groups in total. The van der Waals surface area contributed by atoms with E-state index in [-0.39, 0.29) is 12.5 Å². The Hall–Kier alpha value is -3.19. The van der Waals surface area contributed by atoms with E-state index in [0.717, 1.165) is 68.3 Å². The molecule has 7 heteroatoms.